The number of benzene rings is 4. The van der Waals surface area contributed by atoms with Crippen LogP contribution in [0.15, 0.2) is 95.0 Å². The minimum absolute atomic E-state index is 0.0663. The maximum absolute atomic E-state index is 11.2. The predicted octanol–water partition coefficient (Wildman–Crippen LogP) is 7.42. The Balaban J connectivity index is 1.08. The Hall–Kier alpha value is -5.34. The Morgan fingerprint density at radius 1 is 0.816 bits per heavy atom. The average molecular weight is 656 g/mol. The van der Waals surface area contributed by atoms with Gasteiger partial charge < -0.3 is 30.8 Å². The first kappa shape index (κ1) is 32.2. The van der Waals surface area contributed by atoms with Crippen molar-refractivity contribution in [2.75, 3.05) is 13.2 Å². The largest absolute Gasteiger partial charge is 0.507 e. The number of aryl methyl sites for hydroxylation is 1. The monoisotopic (exact) mass is 655 g/mol. The van der Waals surface area contributed by atoms with Gasteiger partial charge in [0.25, 0.3) is 0 Å². The molecule has 1 saturated carbocycles. The molecule has 49 heavy (non-hydrogen) atoms. The van der Waals surface area contributed by atoms with E-state index in [4.69, 9.17) is 4.99 Å². The van der Waals surface area contributed by atoms with Crippen molar-refractivity contribution in [3.05, 3.63) is 113 Å². The molecule has 1 fully saturated rings. The van der Waals surface area contributed by atoms with E-state index in [0.717, 1.165) is 30.8 Å². The number of rotatable bonds is 10. The average Bonchev–Trinajstić information content (AvgIpc) is 3.67. The molecule has 8 heteroatoms. The number of aliphatic imine (C=N–C) groups is 2. The Morgan fingerprint density at radius 2 is 1.63 bits per heavy atom. The van der Waals surface area contributed by atoms with Gasteiger partial charge in [-0.3, -0.25) is 9.98 Å². The Morgan fingerprint density at radius 3 is 2.43 bits per heavy atom. The van der Waals surface area contributed by atoms with Gasteiger partial charge in [0.2, 0.25) is 0 Å². The number of allylic oxidation sites excluding steroid dienone is 4. The number of phenols is 5. The Bertz CT molecular complexity index is 2030. The van der Waals surface area contributed by atoms with E-state index < -0.39 is 0 Å². The van der Waals surface area contributed by atoms with Crippen LogP contribution in [0, 0.1) is 17.3 Å². The van der Waals surface area contributed by atoms with Gasteiger partial charge in [-0.2, -0.15) is 0 Å². The number of hydrogen-bond acceptors (Lipinski definition) is 8. The predicted molar refractivity (Wildman–Crippen MR) is 196 cm³/mol. The number of nitrogens with zero attached hydrogens (tertiary/aromatic N) is 2. The molecule has 2 aliphatic carbocycles. The summed E-state index contributed by atoms with van der Waals surface area (Å²) in [4.78, 5) is 9.25. The van der Waals surface area contributed by atoms with Crippen LogP contribution in [0.1, 0.15) is 47.1 Å². The lowest BCUT2D eigenvalue weighted by molar-refractivity contribution is 0.166. The lowest BCUT2D eigenvalue weighted by atomic mass is 9.58. The first-order valence-corrected chi connectivity index (χ1v) is 16.9. The van der Waals surface area contributed by atoms with Crippen LogP contribution in [0.3, 0.4) is 0 Å². The number of hydrogen-bond donors (Lipinski definition) is 6. The highest BCUT2D eigenvalue weighted by molar-refractivity contribution is 6.34. The van der Waals surface area contributed by atoms with Crippen LogP contribution in [0.2, 0.25) is 0 Å². The molecular weight excluding hydrogens is 614 g/mol. The third-order valence-electron chi connectivity index (χ3n) is 10.4. The van der Waals surface area contributed by atoms with Gasteiger partial charge in [0, 0.05) is 30.3 Å². The van der Waals surface area contributed by atoms with Gasteiger partial charge >= 0.3 is 0 Å². The van der Waals surface area contributed by atoms with Crippen molar-refractivity contribution in [3.8, 4) is 28.7 Å². The summed E-state index contributed by atoms with van der Waals surface area (Å²) in [5.74, 6) is -0.287. The van der Waals surface area contributed by atoms with Crippen LogP contribution < -0.4 is 5.32 Å². The zero-order valence-electron chi connectivity index (χ0n) is 27.3. The van der Waals surface area contributed by atoms with E-state index in [1.807, 2.05) is 6.21 Å². The Kier molecular flexibility index (Phi) is 8.97. The molecule has 0 saturated heterocycles. The highest BCUT2D eigenvalue weighted by Crippen LogP contribution is 2.48. The van der Waals surface area contributed by atoms with Crippen LogP contribution >= 0.6 is 0 Å². The van der Waals surface area contributed by atoms with Crippen molar-refractivity contribution in [2.24, 2.45) is 27.2 Å². The molecule has 0 spiro atoms. The van der Waals surface area contributed by atoms with Gasteiger partial charge in [-0.25, -0.2) is 0 Å². The lowest BCUT2D eigenvalue weighted by Crippen LogP contribution is -2.50. The second-order valence-corrected chi connectivity index (χ2v) is 13.3. The molecule has 1 aliphatic heterocycles. The van der Waals surface area contributed by atoms with E-state index in [2.05, 4.69) is 58.9 Å². The standard InChI is InChI=1S/C41H41N3O5/c45-34-19-16-27(21-36(34)47)15-17-30-31-7-3-9-35(46)38(31)40(49)39(48)32(30)18-14-26-10-12-28(13-11-26)22-42-24-41(37-23-43-25-44-37)20-4-6-29-5-1-2-8-33(29)41/h1-3,5,7-13,15-17,19,21,23,29,33,42,45-49H,4,6,14,18,20,22,24-25H2/t29-,33-,41+/m1/s1. The molecule has 0 bridgehead atoms. The molecule has 0 aromatic heterocycles. The summed E-state index contributed by atoms with van der Waals surface area (Å²) in [6, 6.07) is 17.9. The normalized spacial score (nSPS) is 21.4. The SMILES string of the molecule is Oc1ccc(C=Cc2c(CCc3ccc(CNC[C@@]4(C5=NCN=C5)CCC[C@H]5C=CC=C[C@H]54)cc3)c(O)c(O)c3c(O)cccc23)cc1O. The maximum Gasteiger partial charge on any atom is 0.169 e. The van der Waals surface area contributed by atoms with E-state index in [9.17, 15) is 25.5 Å². The first-order chi connectivity index (χ1) is 23.8. The van der Waals surface area contributed by atoms with Crippen molar-refractivity contribution in [3.63, 3.8) is 0 Å². The second kappa shape index (κ2) is 13.6. The van der Waals surface area contributed by atoms with Crippen molar-refractivity contribution >= 4 is 34.9 Å². The maximum atomic E-state index is 11.2. The van der Waals surface area contributed by atoms with Gasteiger partial charge in [0.15, 0.2) is 23.0 Å². The molecule has 6 N–H and O–H groups in total. The van der Waals surface area contributed by atoms with Gasteiger partial charge in [-0.05, 0) is 83.4 Å². The highest BCUT2D eigenvalue weighted by atomic mass is 16.3. The molecule has 0 unspecified atom stereocenters. The number of fused-ring (bicyclic) bond motifs is 2. The topological polar surface area (TPSA) is 138 Å². The molecular formula is C41H41N3O5. The molecule has 4 aromatic rings. The molecule has 8 nitrogen and oxygen atoms in total. The third-order valence-corrected chi connectivity index (χ3v) is 10.4. The minimum Gasteiger partial charge on any atom is -0.507 e. The molecule has 4 aromatic carbocycles. The number of nitrogens with one attached hydrogen (secondary N) is 1. The van der Waals surface area contributed by atoms with Crippen LogP contribution in [-0.2, 0) is 19.4 Å². The molecule has 7 rings (SSSR count). The van der Waals surface area contributed by atoms with Crippen molar-refractivity contribution in [1.82, 2.24) is 5.32 Å². The first-order valence-electron chi connectivity index (χ1n) is 16.9. The second-order valence-electron chi connectivity index (χ2n) is 13.3. The fourth-order valence-electron chi connectivity index (χ4n) is 7.86. The number of phenolic OH excluding ortho intramolecular Hbond substituents is 5. The van der Waals surface area contributed by atoms with Crippen LogP contribution in [0.25, 0.3) is 22.9 Å². The summed E-state index contributed by atoms with van der Waals surface area (Å²) in [6.45, 7) is 2.09. The fraction of sp³-hybridized carbons (Fsp3) is 0.268. The third kappa shape index (κ3) is 6.32. The molecule has 0 radical (unpaired) electrons. The molecule has 3 atom stereocenters. The summed E-state index contributed by atoms with van der Waals surface area (Å²) in [5, 5.41) is 56.9. The zero-order valence-corrected chi connectivity index (χ0v) is 27.3. The van der Waals surface area contributed by atoms with E-state index in [-0.39, 0.29) is 39.5 Å². The minimum atomic E-state index is -0.361. The molecule has 0 amide bonds. The van der Waals surface area contributed by atoms with E-state index in [1.165, 1.54) is 36.6 Å². The van der Waals surface area contributed by atoms with Crippen molar-refractivity contribution in [1.29, 1.82) is 0 Å². The fourth-order valence-corrected chi connectivity index (χ4v) is 7.86. The van der Waals surface area contributed by atoms with Crippen LogP contribution in [-0.4, -0.2) is 50.7 Å². The summed E-state index contributed by atoms with van der Waals surface area (Å²) in [5.41, 5.74) is 5.14. The molecule has 1 heterocycles. The van der Waals surface area contributed by atoms with E-state index >= 15 is 0 Å². The van der Waals surface area contributed by atoms with E-state index in [0.29, 0.717) is 53.4 Å². The van der Waals surface area contributed by atoms with Crippen LogP contribution in [0.4, 0.5) is 0 Å². The van der Waals surface area contributed by atoms with Gasteiger partial charge in [0.1, 0.15) is 12.4 Å². The summed E-state index contributed by atoms with van der Waals surface area (Å²) >= 11 is 0. The van der Waals surface area contributed by atoms with Gasteiger partial charge in [0.05, 0.1) is 11.1 Å². The smallest absolute Gasteiger partial charge is 0.169 e. The summed E-state index contributed by atoms with van der Waals surface area (Å²) < 4.78 is 0. The van der Waals surface area contributed by atoms with Gasteiger partial charge in [-0.1, -0.05) is 85.3 Å². The quantitative estimate of drug-likeness (QED) is 0.0777. The lowest BCUT2D eigenvalue weighted by Gasteiger charge is -2.47. The summed E-state index contributed by atoms with van der Waals surface area (Å²) in [7, 11) is 0. The van der Waals surface area contributed by atoms with E-state index in [1.54, 1.807) is 30.4 Å². The van der Waals surface area contributed by atoms with Gasteiger partial charge in [-0.15, -0.1) is 0 Å². The number of aromatic hydroxyl groups is 5. The van der Waals surface area contributed by atoms with Crippen molar-refractivity contribution < 1.29 is 25.5 Å². The Labute approximate surface area is 285 Å². The van der Waals surface area contributed by atoms with Crippen LogP contribution in [0.5, 0.6) is 28.7 Å². The molecule has 3 aliphatic rings. The highest BCUT2D eigenvalue weighted by Gasteiger charge is 2.47. The van der Waals surface area contributed by atoms with Crippen molar-refractivity contribution in [2.45, 2.75) is 38.6 Å². The molecule has 250 valence electrons. The summed E-state index contributed by atoms with van der Waals surface area (Å²) in [6.07, 6.45) is 19.1. The zero-order chi connectivity index (χ0) is 34.0.